The summed E-state index contributed by atoms with van der Waals surface area (Å²) in [4.78, 5) is 17.7. The zero-order valence-electron chi connectivity index (χ0n) is 10.5. The van der Waals surface area contributed by atoms with E-state index < -0.39 is 12.1 Å². The van der Waals surface area contributed by atoms with Crippen molar-refractivity contribution in [3.05, 3.63) is 17.7 Å². The molecule has 1 amide bonds. The third-order valence-corrected chi connectivity index (χ3v) is 2.28. The largest absolute Gasteiger partial charge is 0.471 e. The molecule has 0 saturated heterocycles. The van der Waals surface area contributed by atoms with Crippen LogP contribution in [0, 0.1) is 0 Å². The molecule has 1 heterocycles. The van der Waals surface area contributed by atoms with Gasteiger partial charge in [0, 0.05) is 30.3 Å². The topological polar surface area (TPSA) is 57.8 Å². The number of hydrogen-bond donors (Lipinski definition) is 2. The van der Waals surface area contributed by atoms with Crippen molar-refractivity contribution in [2.75, 3.05) is 6.54 Å². The SMILES string of the molecule is CC(C)(C)c1ncc(CCNC(=O)C(F)(F)F)[nH]1. The lowest BCUT2D eigenvalue weighted by atomic mass is 9.96. The summed E-state index contributed by atoms with van der Waals surface area (Å²) in [5.74, 6) is -1.15. The molecule has 0 aliphatic rings. The van der Waals surface area contributed by atoms with Gasteiger partial charge in [-0.3, -0.25) is 4.79 Å². The Hall–Kier alpha value is -1.53. The minimum absolute atomic E-state index is 0.0792. The minimum Gasteiger partial charge on any atom is -0.348 e. The van der Waals surface area contributed by atoms with E-state index in [-0.39, 0.29) is 18.4 Å². The second-order valence-electron chi connectivity index (χ2n) is 5.01. The van der Waals surface area contributed by atoms with Crippen LogP contribution in [0.3, 0.4) is 0 Å². The van der Waals surface area contributed by atoms with Crippen molar-refractivity contribution >= 4 is 5.91 Å². The zero-order valence-corrected chi connectivity index (χ0v) is 10.5. The molecule has 18 heavy (non-hydrogen) atoms. The molecule has 1 aromatic rings. The number of carbonyl (C=O) groups is 1. The second-order valence-corrected chi connectivity index (χ2v) is 5.01. The first-order valence-electron chi connectivity index (χ1n) is 5.50. The quantitative estimate of drug-likeness (QED) is 0.875. The molecular weight excluding hydrogens is 247 g/mol. The van der Waals surface area contributed by atoms with Gasteiger partial charge in [0.2, 0.25) is 0 Å². The van der Waals surface area contributed by atoms with Crippen LogP contribution >= 0.6 is 0 Å². The maximum atomic E-state index is 11.9. The third kappa shape index (κ3) is 4.05. The van der Waals surface area contributed by atoms with Crippen molar-refractivity contribution in [2.24, 2.45) is 0 Å². The Bertz CT molecular complexity index is 418. The van der Waals surface area contributed by atoms with Gasteiger partial charge in [-0.1, -0.05) is 20.8 Å². The summed E-state index contributed by atoms with van der Waals surface area (Å²) in [5, 5.41) is 1.81. The maximum Gasteiger partial charge on any atom is 0.471 e. The minimum atomic E-state index is -4.83. The highest BCUT2D eigenvalue weighted by molar-refractivity contribution is 5.81. The maximum absolute atomic E-state index is 11.9. The summed E-state index contributed by atoms with van der Waals surface area (Å²) in [6, 6.07) is 0. The average molecular weight is 263 g/mol. The van der Waals surface area contributed by atoms with E-state index in [0.29, 0.717) is 5.69 Å². The van der Waals surface area contributed by atoms with Crippen LogP contribution in [0.15, 0.2) is 6.20 Å². The van der Waals surface area contributed by atoms with E-state index in [2.05, 4.69) is 9.97 Å². The Morgan fingerprint density at radius 2 is 2.00 bits per heavy atom. The van der Waals surface area contributed by atoms with Crippen LogP contribution in [0.2, 0.25) is 0 Å². The number of hydrogen-bond acceptors (Lipinski definition) is 2. The first-order valence-corrected chi connectivity index (χ1v) is 5.50. The summed E-state index contributed by atoms with van der Waals surface area (Å²) in [7, 11) is 0. The van der Waals surface area contributed by atoms with E-state index >= 15 is 0 Å². The van der Waals surface area contributed by atoms with Crippen LogP contribution in [-0.4, -0.2) is 28.6 Å². The molecule has 1 rings (SSSR count). The molecule has 7 heteroatoms. The van der Waals surface area contributed by atoms with Crippen molar-refractivity contribution in [1.82, 2.24) is 15.3 Å². The lowest BCUT2D eigenvalue weighted by Crippen LogP contribution is -2.37. The second kappa shape index (κ2) is 4.99. The number of H-pyrrole nitrogens is 1. The molecule has 0 atom stereocenters. The third-order valence-electron chi connectivity index (χ3n) is 2.28. The number of nitrogens with one attached hydrogen (secondary N) is 2. The molecule has 0 radical (unpaired) electrons. The number of amides is 1. The summed E-state index contributed by atoms with van der Waals surface area (Å²) in [6.07, 6.45) is -2.98. The number of halogens is 3. The first kappa shape index (κ1) is 14.5. The van der Waals surface area contributed by atoms with Gasteiger partial charge in [0.05, 0.1) is 0 Å². The molecular formula is C11H16F3N3O. The van der Waals surface area contributed by atoms with Gasteiger partial charge in [-0.2, -0.15) is 13.2 Å². The van der Waals surface area contributed by atoms with Gasteiger partial charge in [-0.15, -0.1) is 0 Å². The van der Waals surface area contributed by atoms with Gasteiger partial charge >= 0.3 is 12.1 Å². The fraction of sp³-hybridized carbons (Fsp3) is 0.636. The van der Waals surface area contributed by atoms with Crippen LogP contribution in [0.1, 0.15) is 32.3 Å². The number of imidazole rings is 1. The standard InChI is InChI=1S/C11H16F3N3O/c1-10(2,3)8-16-6-7(17-8)4-5-15-9(18)11(12,13)14/h6H,4-5H2,1-3H3,(H,15,18)(H,16,17). The Labute approximate surface area is 103 Å². The molecule has 0 fully saturated rings. The zero-order chi connectivity index (χ0) is 14.0. The molecule has 0 spiro atoms. The van der Waals surface area contributed by atoms with Crippen molar-refractivity contribution in [3.63, 3.8) is 0 Å². The van der Waals surface area contributed by atoms with Gasteiger partial charge in [0.1, 0.15) is 5.82 Å². The Morgan fingerprint density at radius 1 is 1.39 bits per heavy atom. The Kier molecular flexibility index (Phi) is 4.03. The highest BCUT2D eigenvalue weighted by Crippen LogP contribution is 2.18. The number of aromatic nitrogens is 2. The number of aromatic amines is 1. The molecule has 102 valence electrons. The van der Waals surface area contributed by atoms with Crippen LogP contribution < -0.4 is 5.32 Å². The first-order chi connectivity index (χ1) is 8.10. The van der Waals surface area contributed by atoms with Crippen LogP contribution in [0.4, 0.5) is 13.2 Å². The molecule has 1 aromatic heterocycles. The van der Waals surface area contributed by atoms with Crippen LogP contribution in [-0.2, 0) is 16.6 Å². The van der Waals surface area contributed by atoms with Gasteiger partial charge in [-0.05, 0) is 0 Å². The monoisotopic (exact) mass is 263 g/mol. The van der Waals surface area contributed by atoms with Gasteiger partial charge in [0.15, 0.2) is 0 Å². The number of nitrogens with zero attached hydrogens (tertiary/aromatic N) is 1. The van der Waals surface area contributed by atoms with Crippen LogP contribution in [0.25, 0.3) is 0 Å². The number of alkyl halides is 3. The average Bonchev–Trinajstić information content (AvgIpc) is 2.64. The summed E-state index contributed by atoms with van der Waals surface area (Å²) in [5.41, 5.74) is 0.551. The van der Waals surface area contributed by atoms with Gasteiger partial charge in [-0.25, -0.2) is 4.98 Å². The Balaban J connectivity index is 2.46. The molecule has 0 unspecified atom stereocenters. The van der Waals surface area contributed by atoms with E-state index in [4.69, 9.17) is 0 Å². The predicted molar refractivity (Wildman–Crippen MR) is 60.1 cm³/mol. The van der Waals surface area contributed by atoms with Crippen LogP contribution in [0.5, 0.6) is 0 Å². The molecule has 2 N–H and O–H groups in total. The summed E-state index contributed by atoms with van der Waals surface area (Å²) in [6.45, 7) is 5.84. The predicted octanol–water partition coefficient (Wildman–Crippen LogP) is 1.93. The van der Waals surface area contributed by atoms with Crippen molar-refractivity contribution in [3.8, 4) is 0 Å². The molecule has 0 aliphatic heterocycles. The van der Waals surface area contributed by atoms with E-state index in [9.17, 15) is 18.0 Å². The summed E-state index contributed by atoms with van der Waals surface area (Å²) < 4.78 is 35.7. The lowest BCUT2D eigenvalue weighted by Gasteiger charge is -2.14. The van der Waals surface area contributed by atoms with Gasteiger partial charge in [0.25, 0.3) is 0 Å². The fourth-order valence-corrected chi connectivity index (χ4v) is 1.28. The number of rotatable bonds is 3. The van der Waals surface area contributed by atoms with E-state index in [0.717, 1.165) is 5.82 Å². The van der Waals surface area contributed by atoms with Crippen molar-refractivity contribution in [2.45, 2.75) is 38.8 Å². The molecule has 0 saturated carbocycles. The van der Waals surface area contributed by atoms with Gasteiger partial charge < -0.3 is 10.3 Å². The highest BCUT2D eigenvalue weighted by atomic mass is 19.4. The number of carbonyl (C=O) groups excluding carboxylic acids is 1. The summed E-state index contributed by atoms with van der Waals surface area (Å²) >= 11 is 0. The highest BCUT2D eigenvalue weighted by Gasteiger charge is 2.38. The smallest absolute Gasteiger partial charge is 0.348 e. The van der Waals surface area contributed by atoms with Crippen molar-refractivity contribution < 1.29 is 18.0 Å². The normalized spacial score (nSPS) is 12.6. The molecule has 0 bridgehead atoms. The lowest BCUT2D eigenvalue weighted by molar-refractivity contribution is -0.173. The van der Waals surface area contributed by atoms with E-state index in [1.54, 1.807) is 6.20 Å². The van der Waals surface area contributed by atoms with Crippen molar-refractivity contribution in [1.29, 1.82) is 0 Å². The molecule has 4 nitrogen and oxygen atoms in total. The fourth-order valence-electron chi connectivity index (χ4n) is 1.28. The van der Waals surface area contributed by atoms with E-state index in [1.807, 2.05) is 26.1 Å². The molecule has 0 aliphatic carbocycles. The van der Waals surface area contributed by atoms with E-state index in [1.165, 1.54) is 0 Å². The molecule has 0 aromatic carbocycles. The Morgan fingerprint density at radius 3 is 2.44 bits per heavy atom.